The quantitative estimate of drug-likeness (QED) is 0.692. The lowest BCUT2D eigenvalue weighted by Crippen LogP contribution is -2.22. The second-order valence-electron chi connectivity index (χ2n) is 4.24. The Bertz CT molecular complexity index is 350. The molecule has 82 valence electrons. The number of anilines is 2. The molecule has 1 aromatic heterocycles. The number of hydrogen-bond donors (Lipinski definition) is 3. The van der Waals surface area contributed by atoms with E-state index in [9.17, 15) is 5.11 Å². The number of nitrogen functional groups attached to an aromatic ring is 1. The van der Waals surface area contributed by atoms with Gasteiger partial charge in [0, 0.05) is 12.7 Å². The summed E-state index contributed by atoms with van der Waals surface area (Å²) < 4.78 is 0. The molecule has 1 aromatic rings. The lowest BCUT2D eigenvalue weighted by Gasteiger charge is -2.12. The normalized spacial score (nSPS) is 17.5. The first-order valence-corrected chi connectivity index (χ1v) is 5.31. The Hall–Kier alpha value is -1.29. The van der Waals surface area contributed by atoms with Crippen LogP contribution in [0.1, 0.15) is 18.4 Å². The number of aromatic nitrogens is 1. The first-order chi connectivity index (χ1) is 7.16. The minimum absolute atomic E-state index is 0.271. The average Bonchev–Trinajstić information content (AvgIpc) is 2.99. The lowest BCUT2D eigenvalue weighted by atomic mass is 10.2. The molecule has 4 nitrogen and oxygen atoms in total. The highest BCUT2D eigenvalue weighted by Gasteiger charge is 2.29. The number of aliphatic hydroxyl groups excluding tert-OH is 1. The zero-order chi connectivity index (χ0) is 10.8. The summed E-state index contributed by atoms with van der Waals surface area (Å²) in [7, 11) is 0. The topological polar surface area (TPSA) is 71.2 Å². The third kappa shape index (κ3) is 2.59. The van der Waals surface area contributed by atoms with Gasteiger partial charge in [0.2, 0.25) is 0 Å². The van der Waals surface area contributed by atoms with E-state index in [1.807, 2.05) is 13.0 Å². The minimum Gasteiger partial charge on any atom is -0.396 e. The maximum Gasteiger partial charge on any atom is 0.149 e. The van der Waals surface area contributed by atoms with Crippen LogP contribution in [0.15, 0.2) is 12.3 Å². The number of nitrogens with zero attached hydrogens (tertiary/aromatic N) is 1. The number of nitrogens with two attached hydrogens (primary N) is 1. The molecule has 4 heteroatoms. The molecule has 4 N–H and O–H groups in total. The van der Waals surface area contributed by atoms with E-state index >= 15 is 0 Å². The first-order valence-electron chi connectivity index (χ1n) is 5.31. The molecule has 0 saturated heterocycles. The van der Waals surface area contributed by atoms with Gasteiger partial charge < -0.3 is 16.2 Å². The Morgan fingerprint density at radius 1 is 1.67 bits per heavy atom. The Balaban J connectivity index is 1.92. The molecule has 0 aromatic carbocycles. The van der Waals surface area contributed by atoms with Crippen molar-refractivity contribution >= 4 is 11.5 Å². The first kappa shape index (κ1) is 10.2. The molecule has 0 radical (unpaired) electrons. The van der Waals surface area contributed by atoms with Gasteiger partial charge in [-0.1, -0.05) is 0 Å². The summed E-state index contributed by atoms with van der Waals surface area (Å²) in [6.07, 6.45) is 3.77. The highest BCUT2D eigenvalue weighted by Crippen LogP contribution is 2.32. The van der Waals surface area contributed by atoms with Gasteiger partial charge >= 0.3 is 0 Å². The molecular formula is C11H17N3O. The van der Waals surface area contributed by atoms with E-state index in [-0.39, 0.29) is 6.10 Å². The molecule has 2 rings (SSSR count). The van der Waals surface area contributed by atoms with E-state index in [0.29, 0.717) is 24.0 Å². The fourth-order valence-electron chi connectivity index (χ4n) is 1.59. The van der Waals surface area contributed by atoms with Crippen molar-refractivity contribution in [1.29, 1.82) is 0 Å². The molecule has 15 heavy (non-hydrogen) atoms. The van der Waals surface area contributed by atoms with Crippen LogP contribution >= 0.6 is 0 Å². The summed E-state index contributed by atoms with van der Waals surface area (Å²) in [5.74, 6) is 1.14. The molecule has 1 aliphatic carbocycles. The van der Waals surface area contributed by atoms with Gasteiger partial charge in [-0.3, -0.25) is 0 Å². The second kappa shape index (κ2) is 4.06. The van der Waals surface area contributed by atoms with Crippen LogP contribution in [-0.4, -0.2) is 22.7 Å². The summed E-state index contributed by atoms with van der Waals surface area (Å²) in [5, 5.41) is 12.7. The van der Waals surface area contributed by atoms with Crippen molar-refractivity contribution in [1.82, 2.24) is 4.98 Å². The Kier molecular flexibility index (Phi) is 2.77. The van der Waals surface area contributed by atoms with Crippen molar-refractivity contribution in [2.45, 2.75) is 25.9 Å². The van der Waals surface area contributed by atoms with E-state index in [2.05, 4.69) is 10.3 Å². The van der Waals surface area contributed by atoms with E-state index in [0.717, 1.165) is 18.4 Å². The fraction of sp³-hybridized carbons (Fsp3) is 0.545. The van der Waals surface area contributed by atoms with Crippen molar-refractivity contribution in [2.24, 2.45) is 5.92 Å². The van der Waals surface area contributed by atoms with Crippen molar-refractivity contribution < 1.29 is 5.11 Å². The van der Waals surface area contributed by atoms with Gasteiger partial charge in [-0.05, 0) is 37.3 Å². The molecule has 1 heterocycles. The molecule has 0 amide bonds. The third-order valence-electron chi connectivity index (χ3n) is 2.70. The molecule has 1 aliphatic rings. The Morgan fingerprint density at radius 3 is 3.00 bits per heavy atom. The largest absolute Gasteiger partial charge is 0.396 e. The Morgan fingerprint density at radius 2 is 2.40 bits per heavy atom. The van der Waals surface area contributed by atoms with Gasteiger partial charge in [0.25, 0.3) is 0 Å². The molecule has 0 aliphatic heterocycles. The summed E-state index contributed by atoms with van der Waals surface area (Å²) >= 11 is 0. The standard InChI is InChI=1S/C11H17N3O/c1-7-4-9(12)11(13-5-7)14-6-10(15)8-2-3-8/h4-5,8,10,15H,2-3,6,12H2,1H3,(H,13,14). The van der Waals surface area contributed by atoms with Crippen molar-refractivity contribution in [2.75, 3.05) is 17.6 Å². The van der Waals surface area contributed by atoms with Crippen LogP contribution in [0.5, 0.6) is 0 Å². The number of nitrogens with one attached hydrogen (secondary N) is 1. The highest BCUT2D eigenvalue weighted by molar-refractivity contribution is 5.61. The molecule has 0 spiro atoms. The van der Waals surface area contributed by atoms with Gasteiger partial charge in [-0.15, -0.1) is 0 Å². The van der Waals surface area contributed by atoms with Crippen molar-refractivity contribution in [3.05, 3.63) is 17.8 Å². The summed E-state index contributed by atoms with van der Waals surface area (Å²) in [6.45, 7) is 2.48. The third-order valence-corrected chi connectivity index (χ3v) is 2.70. The van der Waals surface area contributed by atoms with Gasteiger partial charge in [0.15, 0.2) is 0 Å². The predicted molar refractivity (Wildman–Crippen MR) is 60.6 cm³/mol. The monoisotopic (exact) mass is 207 g/mol. The number of hydrogen-bond acceptors (Lipinski definition) is 4. The minimum atomic E-state index is -0.271. The van der Waals surface area contributed by atoms with Crippen LogP contribution in [0, 0.1) is 12.8 Å². The summed E-state index contributed by atoms with van der Waals surface area (Å²) in [5.41, 5.74) is 7.47. The number of rotatable bonds is 4. The summed E-state index contributed by atoms with van der Waals surface area (Å²) in [4.78, 5) is 4.18. The highest BCUT2D eigenvalue weighted by atomic mass is 16.3. The van der Waals surface area contributed by atoms with Gasteiger partial charge in [0.1, 0.15) is 5.82 Å². The van der Waals surface area contributed by atoms with E-state index in [1.165, 1.54) is 0 Å². The molecule has 1 unspecified atom stereocenters. The molecule has 1 atom stereocenters. The van der Waals surface area contributed by atoms with Crippen LogP contribution in [0.25, 0.3) is 0 Å². The van der Waals surface area contributed by atoms with Crippen molar-refractivity contribution in [3.8, 4) is 0 Å². The second-order valence-corrected chi connectivity index (χ2v) is 4.24. The molecular weight excluding hydrogens is 190 g/mol. The fourth-order valence-corrected chi connectivity index (χ4v) is 1.59. The SMILES string of the molecule is Cc1cnc(NCC(O)C2CC2)c(N)c1. The van der Waals surface area contributed by atoms with E-state index in [4.69, 9.17) is 5.73 Å². The van der Waals surface area contributed by atoms with Crippen LogP contribution in [0.4, 0.5) is 11.5 Å². The van der Waals surface area contributed by atoms with Crippen LogP contribution in [-0.2, 0) is 0 Å². The molecule has 1 saturated carbocycles. The number of aryl methyl sites for hydroxylation is 1. The zero-order valence-corrected chi connectivity index (χ0v) is 8.90. The zero-order valence-electron chi connectivity index (χ0n) is 8.90. The number of aliphatic hydroxyl groups is 1. The predicted octanol–water partition coefficient (Wildman–Crippen LogP) is 1.16. The maximum absolute atomic E-state index is 9.66. The maximum atomic E-state index is 9.66. The van der Waals surface area contributed by atoms with Gasteiger partial charge in [-0.25, -0.2) is 4.98 Å². The molecule has 0 bridgehead atoms. The van der Waals surface area contributed by atoms with Crippen LogP contribution in [0.3, 0.4) is 0 Å². The van der Waals surface area contributed by atoms with E-state index < -0.39 is 0 Å². The Labute approximate surface area is 89.5 Å². The van der Waals surface area contributed by atoms with Gasteiger partial charge in [0.05, 0.1) is 11.8 Å². The lowest BCUT2D eigenvalue weighted by molar-refractivity contribution is 0.164. The van der Waals surface area contributed by atoms with Gasteiger partial charge in [-0.2, -0.15) is 0 Å². The van der Waals surface area contributed by atoms with Crippen molar-refractivity contribution in [3.63, 3.8) is 0 Å². The smallest absolute Gasteiger partial charge is 0.149 e. The average molecular weight is 207 g/mol. The number of pyridine rings is 1. The van der Waals surface area contributed by atoms with Crippen LogP contribution in [0.2, 0.25) is 0 Å². The van der Waals surface area contributed by atoms with E-state index in [1.54, 1.807) is 6.20 Å². The van der Waals surface area contributed by atoms with Crippen LogP contribution < -0.4 is 11.1 Å². The summed E-state index contributed by atoms with van der Waals surface area (Å²) in [6, 6.07) is 1.87. The molecule has 1 fully saturated rings.